The SMILES string of the molecule is O=C(NCC#Cc1ccc(F)cc1C(F)(F)F)OCC1c2ccccc2-c2ccccc21. The maximum Gasteiger partial charge on any atom is 0.417 e. The van der Waals surface area contributed by atoms with Gasteiger partial charge in [-0.2, -0.15) is 13.2 Å². The molecule has 0 spiro atoms. The fraction of sp³-hybridized carbons (Fsp3) is 0.160. The van der Waals surface area contributed by atoms with Gasteiger partial charge in [0.25, 0.3) is 0 Å². The first-order chi connectivity index (χ1) is 15.3. The van der Waals surface area contributed by atoms with E-state index in [1.165, 1.54) is 0 Å². The molecule has 32 heavy (non-hydrogen) atoms. The average molecular weight is 439 g/mol. The van der Waals surface area contributed by atoms with Crippen molar-refractivity contribution < 1.29 is 27.1 Å². The van der Waals surface area contributed by atoms with Crippen LogP contribution in [0.1, 0.15) is 28.2 Å². The van der Waals surface area contributed by atoms with Crippen molar-refractivity contribution in [2.45, 2.75) is 12.1 Å². The summed E-state index contributed by atoms with van der Waals surface area (Å²) in [4.78, 5) is 12.1. The van der Waals surface area contributed by atoms with Gasteiger partial charge in [0.2, 0.25) is 0 Å². The van der Waals surface area contributed by atoms with Gasteiger partial charge in [0.15, 0.2) is 0 Å². The molecular formula is C25H17F4NO2. The summed E-state index contributed by atoms with van der Waals surface area (Å²) < 4.78 is 57.5. The van der Waals surface area contributed by atoms with Crippen LogP contribution < -0.4 is 5.32 Å². The van der Waals surface area contributed by atoms with Gasteiger partial charge in [0, 0.05) is 11.5 Å². The van der Waals surface area contributed by atoms with E-state index in [9.17, 15) is 22.4 Å². The molecule has 1 amide bonds. The molecule has 162 valence electrons. The fourth-order valence-corrected chi connectivity index (χ4v) is 3.77. The van der Waals surface area contributed by atoms with Crippen LogP contribution >= 0.6 is 0 Å². The number of carbonyl (C=O) groups is 1. The summed E-state index contributed by atoms with van der Waals surface area (Å²) in [7, 11) is 0. The Morgan fingerprint density at radius 3 is 2.22 bits per heavy atom. The quantitative estimate of drug-likeness (QED) is 0.418. The molecule has 0 bridgehead atoms. The van der Waals surface area contributed by atoms with Gasteiger partial charge in [-0.15, -0.1) is 0 Å². The van der Waals surface area contributed by atoms with E-state index < -0.39 is 23.7 Å². The third-order valence-electron chi connectivity index (χ3n) is 5.17. The molecule has 3 nitrogen and oxygen atoms in total. The van der Waals surface area contributed by atoms with Gasteiger partial charge in [-0.3, -0.25) is 0 Å². The van der Waals surface area contributed by atoms with Gasteiger partial charge in [0.05, 0.1) is 12.1 Å². The molecule has 0 atom stereocenters. The first-order valence-electron chi connectivity index (χ1n) is 9.79. The normalized spacial score (nSPS) is 12.4. The topological polar surface area (TPSA) is 38.3 Å². The van der Waals surface area contributed by atoms with Gasteiger partial charge < -0.3 is 10.1 Å². The zero-order valence-corrected chi connectivity index (χ0v) is 16.7. The van der Waals surface area contributed by atoms with Gasteiger partial charge in [-0.05, 0) is 40.5 Å². The summed E-state index contributed by atoms with van der Waals surface area (Å²) >= 11 is 0. The molecule has 0 aromatic heterocycles. The lowest BCUT2D eigenvalue weighted by Gasteiger charge is -2.14. The lowest BCUT2D eigenvalue weighted by Crippen LogP contribution is -2.26. The van der Waals surface area contributed by atoms with E-state index in [0.29, 0.717) is 6.07 Å². The second kappa shape index (κ2) is 8.75. The number of fused-ring (bicyclic) bond motifs is 3. The van der Waals surface area contributed by atoms with Crippen LogP contribution in [0.25, 0.3) is 11.1 Å². The average Bonchev–Trinajstić information content (AvgIpc) is 3.09. The third-order valence-corrected chi connectivity index (χ3v) is 5.17. The van der Waals surface area contributed by atoms with E-state index in [2.05, 4.69) is 17.2 Å². The van der Waals surface area contributed by atoms with E-state index in [-0.39, 0.29) is 24.6 Å². The lowest BCUT2D eigenvalue weighted by molar-refractivity contribution is -0.137. The maximum atomic E-state index is 13.1. The highest BCUT2D eigenvalue weighted by molar-refractivity contribution is 5.79. The molecule has 0 heterocycles. The Hall–Kier alpha value is -3.79. The van der Waals surface area contributed by atoms with Gasteiger partial charge in [-0.1, -0.05) is 60.4 Å². The number of carbonyl (C=O) groups excluding carboxylic acids is 1. The van der Waals surface area contributed by atoms with Crippen molar-refractivity contribution in [3.63, 3.8) is 0 Å². The highest BCUT2D eigenvalue weighted by Gasteiger charge is 2.33. The molecule has 0 saturated carbocycles. The Kier molecular flexibility index (Phi) is 5.87. The maximum absolute atomic E-state index is 13.1. The van der Waals surface area contributed by atoms with Gasteiger partial charge in [-0.25, -0.2) is 9.18 Å². The van der Waals surface area contributed by atoms with Crippen LogP contribution in [0.4, 0.5) is 22.4 Å². The van der Waals surface area contributed by atoms with Gasteiger partial charge >= 0.3 is 12.3 Å². The second-order valence-corrected chi connectivity index (χ2v) is 7.17. The molecule has 3 aromatic rings. The minimum Gasteiger partial charge on any atom is -0.449 e. The number of halogens is 4. The number of rotatable bonds is 3. The molecule has 3 aromatic carbocycles. The van der Waals surface area contributed by atoms with Crippen molar-refractivity contribution in [3.05, 3.63) is 94.8 Å². The van der Waals surface area contributed by atoms with Crippen molar-refractivity contribution in [2.75, 3.05) is 13.2 Å². The van der Waals surface area contributed by atoms with Crippen LogP contribution in [0.15, 0.2) is 66.7 Å². The zero-order chi connectivity index (χ0) is 22.7. The predicted octanol–water partition coefficient (Wildman–Crippen LogP) is 5.73. The summed E-state index contributed by atoms with van der Waals surface area (Å²) in [5, 5.41) is 2.40. The summed E-state index contributed by atoms with van der Waals surface area (Å²) in [5.74, 6) is 3.65. The minimum absolute atomic E-state index is 0.104. The Morgan fingerprint density at radius 2 is 1.59 bits per heavy atom. The molecule has 4 rings (SSSR count). The number of alkyl carbamates (subject to hydrolysis) is 1. The Balaban J connectivity index is 1.37. The van der Waals surface area contributed by atoms with E-state index in [1.807, 2.05) is 48.5 Å². The molecule has 0 radical (unpaired) electrons. The van der Waals surface area contributed by atoms with Crippen LogP contribution in [0.2, 0.25) is 0 Å². The number of amides is 1. The van der Waals surface area contributed by atoms with Crippen molar-refractivity contribution in [3.8, 4) is 23.0 Å². The zero-order valence-electron chi connectivity index (χ0n) is 16.7. The highest BCUT2D eigenvalue weighted by Crippen LogP contribution is 2.44. The standard InChI is InChI=1S/C25H17F4NO2/c26-17-12-11-16(23(14-17)25(27,28)29)6-5-13-30-24(31)32-15-22-20-9-3-1-7-18(20)19-8-2-4-10-21(19)22/h1-4,7-12,14,22H,13,15H2,(H,30,31). The Labute approximate surface area is 182 Å². The molecule has 1 aliphatic rings. The van der Waals surface area contributed by atoms with Crippen molar-refractivity contribution in [2.24, 2.45) is 0 Å². The Bertz CT molecular complexity index is 1180. The number of hydrogen-bond donors (Lipinski definition) is 1. The number of ether oxygens (including phenoxy) is 1. The predicted molar refractivity (Wildman–Crippen MR) is 111 cm³/mol. The monoisotopic (exact) mass is 439 g/mol. The summed E-state index contributed by atoms with van der Waals surface area (Å²) in [6, 6.07) is 18.0. The van der Waals surface area contributed by atoms with Crippen LogP contribution in [0.3, 0.4) is 0 Å². The van der Waals surface area contributed by atoms with Crippen LogP contribution in [-0.4, -0.2) is 19.2 Å². The minimum atomic E-state index is -4.73. The van der Waals surface area contributed by atoms with E-state index in [4.69, 9.17) is 4.74 Å². The molecule has 7 heteroatoms. The lowest BCUT2D eigenvalue weighted by atomic mass is 9.98. The van der Waals surface area contributed by atoms with Crippen LogP contribution in [0, 0.1) is 17.7 Å². The first-order valence-corrected chi connectivity index (χ1v) is 9.79. The summed E-state index contributed by atoms with van der Waals surface area (Å²) in [6.07, 6.45) is -5.46. The third kappa shape index (κ3) is 4.45. The van der Waals surface area contributed by atoms with E-state index in [0.717, 1.165) is 34.4 Å². The Morgan fingerprint density at radius 1 is 0.969 bits per heavy atom. The molecule has 1 N–H and O–H groups in total. The molecule has 1 aliphatic carbocycles. The number of hydrogen-bond acceptors (Lipinski definition) is 2. The number of alkyl halides is 3. The second-order valence-electron chi connectivity index (χ2n) is 7.17. The molecular weight excluding hydrogens is 422 g/mol. The number of benzene rings is 3. The van der Waals surface area contributed by atoms with Crippen molar-refractivity contribution in [1.82, 2.24) is 5.32 Å². The molecule has 0 unspecified atom stereocenters. The highest BCUT2D eigenvalue weighted by atomic mass is 19.4. The fourth-order valence-electron chi connectivity index (χ4n) is 3.77. The van der Waals surface area contributed by atoms with E-state index >= 15 is 0 Å². The summed E-state index contributed by atoms with van der Waals surface area (Å²) in [6.45, 7) is -0.102. The number of nitrogens with one attached hydrogen (secondary N) is 1. The first kappa shape index (κ1) is 21.4. The van der Waals surface area contributed by atoms with Crippen molar-refractivity contribution in [1.29, 1.82) is 0 Å². The van der Waals surface area contributed by atoms with Crippen molar-refractivity contribution >= 4 is 6.09 Å². The molecule has 0 saturated heterocycles. The largest absolute Gasteiger partial charge is 0.449 e. The summed E-state index contributed by atoms with van der Waals surface area (Å²) in [5.41, 5.74) is 2.81. The molecule has 0 fully saturated rings. The van der Waals surface area contributed by atoms with E-state index in [1.54, 1.807) is 0 Å². The molecule has 0 aliphatic heterocycles. The smallest absolute Gasteiger partial charge is 0.417 e. The van der Waals surface area contributed by atoms with Crippen LogP contribution in [-0.2, 0) is 10.9 Å². The van der Waals surface area contributed by atoms with Crippen LogP contribution in [0.5, 0.6) is 0 Å². The van der Waals surface area contributed by atoms with Gasteiger partial charge in [0.1, 0.15) is 12.4 Å².